The predicted octanol–water partition coefficient (Wildman–Crippen LogP) is 1.90. The Morgan fingerprint density at radius 1 is 1.03 bits per heavy atom. The van der Waals surface area contributed by atoms with Gasteiger partial charge >= 0.3 is 12.0 Å². The monoisotopic (exact) mass is 438 g/mol. The zero-order valence-electron chi connectivity index (χ0n) is 18.5. The third-order valence-electron chi connectivity index (χ3n) is 6.81. The summed E-state index contributed by atoms with van der Waals surface area (Å²) in [6, 6.07) is 8.97. The highest BCUT2D eigenvalue weighted by Gasteiger charge is 2.44. The molecular weight excluding hydrogens is 408 g/mol. The van der Waals surface area contributed by atoms with Crippen molar-refractivity contribution in [2.45, 2.75) is 37.8 Å². The highest BCUT2D eigenvalue weighted by atomic mass is 16.5. The Kier molecular flexibility index (Phi) is 5.63. The molecule has 2 aliphatic carbocycles. The number of hydrogen-bond acceptors (Lipinski definition) is 5. The number of amides is 3. The lowest BCUT2D eigenvalue weighted by Crippen LogP contribution is -2.54. The van der Waals surface area contributed by atoms with Crippen LogP contribution in [0.3, 0.4) is 0 Å². The summed E-state index contributed by atoms with van der Waals surface area (Å²) in [6.45, 7) is 3.32. The van der Waals surface area contributed by atoms with Gasteiger partial charge in [-0.2, -0.15) is 0 Å². The molecule has 1 aromatic carbocycles. The molecule has 2 heterocycles. The standard InChI is InChI=1S/C24H30N4O4/c1-32-23(30)20-19(15-26-11-13-27(14-12-26)22(29)17-7-8-17)28(18-9-10-18)24(31)25-21(20)16-5-3-2-4-6-16/h2-6,17-18,21H,7-15H2,1H3,(H,25,31)/t21-/m1/s1. The van der Waals surface area contributed by atoms with Crippen molar-refractivity contribution in [1.82, 2.24) is 20.0 Å². The molecule has 2 saturated carbocycles. The number of carbonyl (C=O) groups excluding carboxylic acids is 3. The Labute approximate surface area is 188 Å². The average Bonchev–Trinajstić information content (AvgIpc) is 3.72. The van der Waals surface area contributed by atoms with Crippen LogP contribution < -0.4 is 5.32 Å². The molecule has 32 heavy (non-hydrogen) atoms. The number of urea groups is 1. The van der Waals surface area contributed by atoms with Crippen LogP contribution in [0.25, 0.3) is 0 Å². The van der Waals surface area contributed by atoms with Gasteiger partial charge in [0, 0.05) is 50.4 Å². The van der Waals surface area contributed by atoms with E-state index in [2.05, 4.69) is 10.2 Å². The third-order valence-corrected chi connectivity index (χ3v) is 6.81. The smallest absolute Gasteiger partial charge is 0.338 e. The van der Waals surface area contributed by atoms with Crippen LogP contribution in [0, 0.1) is 5.92 Å². The van der Waals surface area contributed by atoms with Gasteiger partial charge in [-0.15, -0.1) is 0 Å². The van der Waals surface area contributed by atoms with Crippen molar-refractivity contribution < 1.29 is 19.1 Å². The van der Waals surface area contributed by atoms with Crippen LogP contribution in [0.4, 0.5) is 4.79 Å². The molecule has 1 atom stereocenters. The number of benzene rings is 1. The van der Waals surface area contributed by atoms with Gasteiger partial charge in [0.1, 0.15) is 0 Å². The minimum atomic E-state index is -0.543. The first-order valence-electron chi connectivity index (χ1n) is 11.5. The molecule has 1 saturated heterocycles. The van der Waals surface area contributed by atoms with Gasteiger partial charge in [-0.1, -0.05) is 30.3 Å². The topological polar surface area (TPSA) is 82.2 Å². The van der Waals surface area contributed by atoms with Gasteiger partial charge < -0.3 is 15.0 Å². The summed E-state index contributed by atoms with van der Waals surface area (Å²) < 4.78 is 5.18. The summed E-state index contributed by atoms with van der Waals surface area (Å²) in [7, 11) is 1.38. The molecular formula is C24H30N4O4. The van der Waals surface area contributed by atoms with Crippen LogP contribution in [0.15, 0.2) is 41.6 Å². The maximum Gasteiger partial charge on any atom is 0.338 e. The van der Waals surface area contributed by atoms with E-state index in [9.17, 15) is 14.4 Å². The van der Waals surface area contributed by atoms with Crippen LogP contribution >= 0.6 is 0 Å². The van der Waals surface area contributed by atoms with Crippen molar-refractivity contribution in [2.75, 3.05) is 39.8 Å². The van der Waals surface area contributed by atoms with E-state index in [1.807, 2.05) is 35.2 Å². The van der Waals surface area contributed by atoms with Crippen molar-refractivity contribution in [3.05, 3.63) is 47.2 Å². The first-order valence-corrected chi connectivity index (χ1v) is 11.5. The van der Waals surface area contributed by atoms with Crippen LogP contribution in [0.5, 0.6) is 0 Å². The van der Waals surface area contributed by atoms with Crippen LogP contribution in [-0.2, 0) is 14.3 Å². The van der Waals surface area contributed by atoms with Gasteiger partial charge in [0.05, 0.1) is 18.7 Å². The fraction of sp³-hybridized carbons (Fsp3) is 0.542. The number of hydrogen-bond donors (Lipinski definition) is 1. The molecule has 5 rings (SSSR count). The van der Waals surface area contributed by atoms with E-state index in [4.69, 9.17) is 4.74 Å². The Balaban J connectivity index is 1.43. The Morgan fingerprint density at radius 3 is 2.31 bits per heavy atom. The maximum absolute atomic E-state index is 13.1. The second-order valence-corrected chi connectivity index (χ2v) is 9.12. The molecule has 0 spiro atoms. The molecule has 3 amide bonds. The van der Waals surface area contributed by atoms with Crippen LogP contribution in [0.1, 0.15) is 37.3 Å². The largest absolute Gasteiger partial charge is 0.466 e. The number of carbonyl (C=O) groups is 3. The third kappa shape index (κ3) is 4.11. The summed E-state index contributed by atoms with van der Waals surface area (Å²) in [6.07, 6.45) is 3.90. The number of ether oxygens (including phenoxy) is 1. The molecule has 4 aliphatic rings. The number of piperazine rings is 1. The molecule has 0 aromatic heterocycles. The van der Waals surface area contributed by atoms with Crippen LogP contribution in [-0.4, -0.2) is 78.5 Å². The van der Waals surface area contributed by atoms with E-state index < -0.39 is 12.0 Å². The van der Waals surface area contributed by atoms with Crippen molar-refractivity contribution in [3.63, 3.8) is 0 Å². The molecule has 170 valence electrons. The lowest BCUT2D eigenvalue weighted by molar-refractivity contribution is -0.136. The Hall–Kier alpha value is -2.87. The maximum atomic E-state index is 13.1. The summed E-state index contributed by atoms with van der Waals surface area (Å²) in [5.74, 6) is 0.0937. The number of methoxy groups -OCH3 is 1. The van der Waals surface area contributed by atoms with Crippen LogP contribution in [0.2, 0.25) is 0 Å². The molecule has 1 N–H and O–H groups in total. The summed E-state index contributed by atoms with van der Waals surface area (Å²) in [4.78, 5) is 44.5. The van der Waals surface area contributed by atoms with E-state index in [-0.39, 0.29) is 23.9 Å². The van der Waals surface area contributed by atoms with Gasteiger partial charge in [0.15, 0.2) is 0 Å². The highest BCUT2D eigenvalue weighted by molar-refractivity contribution is 5.95. The number of nitrogens with one attached hydrogen (secondary N) is 1. The molecule has 0 bridgehead atoms. The second-order valence-electron chi connectivity index (χ2n) is 9.12. The van der Waals surface area contributed by atoms with E-state index >= 15 is 0 Å². The average molecular weight is 439 g/mol. The minimum Gasteiger partial charge on any atom is -0.466 e. The van der Waals surface area contributed by atoms with Gasteiger partial charge in [0.25, 0.3) is 0 Å². The first kappa shape index (κ1) is 21.0. The van der Waals surface area contributed by atoms with Crippen molar-refractivity contribution >= 4 is 17.9 Å². The summed E-state index contributed by atoms with van der Waals surface area (Å²) in [5, 5.41) is 3.03. The molecule has 8 nitrogen and oxygen atoms in total. The number of nitrogens with zero attached hydrogens (tertiary/aromatic N) is 3. The molecule has 3 fully saturated rings. The second kappa shape index (κ2) is 8.58. The minimum absolute atomic E-state index is 0.124. The highest BCUT2D eigenvalue weighted by Crippen LogP contribution is 2.38. The van der Waals surface area contributed by atoms with Gasteiger partial charge in [-0.05, 0) is 31.2 Å². The van der Waals surface area contributed by atoms with Gasteiger partial charge in [0.2, 0.25) is 5.91 Å². The Morgan fingerprint density at radius 2 is 1.72 bits per heavy atom. The molecule has 0 radical (unpaired) electrons. The lowest BCUT2D eigenvalue weighted by Gasteiger charge is -2.41. The zero-order valence-corrected chi connectivity index (χ0v) is 18.5. The van der Waals surface area contributed by atoms with Gasteiger partial charge in [-0.3, -0.25) is 14.6 Å². The quantitative estimate of drug-likeness (QED) is 0.686. The van der Waals surface area contributed by atoms with Crippen molar-refractivity contribution in [3.8, 4) is 0 Å². The first-order chi connectivity index (χ1) is 15.6. The fourth-order valence-corrected chi connectivity index (χ4v) is 4.73. The summed E-state index contributed by atoms with van der Waals surface area (Å²) >= 11 is 0. The normalized spacial score (nSPS) is 24.4. The molecule has 1 aromatic rings. The van der Waals surface area contributed by atoms with E-state index in [1.54, 1.807) is 4.90 Å². The van der Waals surface area contributed by atoms with Crippen molar-refractivity contribution in [1.29, 1.82) is 0 Å². The van der Waals surface area contributed by atoms with E-state index in [0.29, 0.717) is 25.2 Å². The number of esters is 1. The predicted molar refractivity (Wildman–Crippen MR) is 117 cm³/mol. The SMILES string of the molecule is COC(=O)C1=C(CN2CCN(C(=O)C3CC3)CC2)N(C2CC2)C(=O)N[C@@H]1c1ccccc1. The fourth-order valence-electron chi connectivity index (χ4n) is 4.73. The van der Waals surface area contributed by atoms with Crippen molar-refractivity contribution in [2.24, 2.45) is 5.92 Å². The summed E-state index contributed by atoms with van der Waals surface area (Å²) in [5.41, 5.74) is 2.09. The Bertz CT molecular complexity index is 931. The molecule has 2 aliphatic heterocycles. The van der Waals surface area contributed by atoms with Gasteiger partial charge in [-0.25, -0.2) is 9.59 Å². The molecule has 8 heteroatoms. The van der Waals surface area contributed by atoms with E-state index in [0.717, 1.165) is 50.0 Å². The zero-order chi connectivity index (χ0) is 22.2. The lowest BCUT2D eigenvalue weighted by atomic mass is 9.94. The van der Waals surface area contributed by atoms with E-state index in [1.165, 1.54) is 7.11 Å². The number of rotatable bonds is 6. The molecule has 0 unspecified atom stereocenters.